The normalized spacial score (nSPS) is 15.2. The van der Waals surface area contributed by atoms with Gasteiger partial charge >= 0.3 is 5.82 Å². The van der Waals surface area contributed by atoms with Crippen LogP contribution in [-0.2, 0) is 7.05 Å². The molecule has 1 aliphatic carbocycles. The Bertz CT molecular complexity index is 950. The number of hydrogen-bond acceptors (Lipinski definition) is 1. The van der Waals surface area contributed by atoms with E-state index in [4.69, 9.17) is 4.98 Å². The topological polar surface area (TPSA) is 16.8 Å². The number of aryl methyl sites for hydroxylation is 3. The molecule has 0 spiro atoms. The van der Waals surface area contributed by atoms with Gasteiger partial charge in [0.2, 0.25) is 0 Å². The first kappa shape index (κ1) is 16.3. The third-order valence-electron chi connectivity index (χ3n) is 5.96. The molecule has 128 valence electrons. The van der Waals surface area contributed by atoms with Crippen LogP contribution in [0.25, 0.3) is 22.3 Å². The molecule has 3 aromatic rings. The van der Waals surface area contributed by atoms with E-state index in [1.54, 1.807) is 0 Å². The van der Waals surface area contributed by atoms with Gasteiger partial charge in [-0.25, -0.2) is 4.57 Å². The first-order valence-corrected chi connectivity index (χ1v) is 9.42. The Kier molecular flexibility index (Phi) is 4.07. The second-order valence-corrected chi connectivity index (χ2v) is 7.66. The van der Waals surface area contributed by atoms with E-state index in [2.05, 4.69) is 68.9 Å². The highest BCUT2D eigenvalue weighted by Gasteiger charge is 2.24. The largest absolute Gasteiger partial charge is 0.330 e. The summed E-state index contributed by atoms with van der Waals surface area (Å²) in [5.74, 6) is 1.76. The monoisotopic (exact) mass is 331 g/mol. The lowest BCUT2D eigenvalue weighted by Gasteiger charge is -2.13. The minimum Gasteiger partial charge on any atom is -0.226 e. The van der Waals surface area contributed by atoms with Gasteiger partial charge in [0.25, 0.3) is 0 Å². The minimum absolute atomic E-state index is 0.708. The van der Waals surface area contributed by atoms with Crippen molar-refractivity contribution in [2.45, 2.75) is 52.4 Å². The lowest BCUT2D eigenvalue weighted by molar-refractivity contribution is -0.636. The van der Waals surface area contributed by atoms with Crippen LogP contribution in [0.3, 0.4) is 0 Å². The molecule has 0 amide bonds. The summed E-state index contributed by atoms with van der Waals surface area (Å²) in [6.45, 7) is 6.55. The third-order valence-corrected chi connectivity index (χ3v) is 5.96. The standard InChI is InChI=1S/C23H27N2/c1-15-12-16(2)17(3)20(13-15)23-24-14-21-19(18-8-5-6-9-18)10-7-11-22(21)25(23)4/h7,10-14,18H,5-6,8-9H2,1-4H3/q+1. The van der Waals surface area contributed by atoms with Gasteiger partial charge in [0.05, 0.1) is 18.0 Å². The maximum atomic E-state index is 4.91. The fourth-order valence-electron chi connectivity index (χ4n) is 4.44. The molecule has 0 bridgehead atoms. The molecule has 1 heterocycles. The Morgan fingerprint density at radius 1 is 1.04 bits per heavy atom. The SMILES string of the molecule is Cc1cc(C)c(C)c(-c2ncc3c(C4CCCC4)cccc3[n+]2C)c1. The molecule has 1 fully saturated rings. The van der Waals surface area contributed by atoms with Gasteiger partial charge in [-0.1, -0.05) is 31.0 Å². The summed E-state index contributed by atoms with van der Waals surface area (Å²) in [5.41, 5.74) is 7.96. The van der Waals surface area contributed by atoms with Crippen LogP contribution in [0.2, 0.25) is 0 Å². The molecule has 0 unspecified atom stereocenters. The maximum Gasteiger partial charge on any atom is 0.330 e. The summed E-state index contributed by atoms with van der Waals surface area (Å²) in [7, 11) is 2.15. The molecule has 0 aliphatic heterocycles. The second-order valence-electron chi connectivity index (χ2n) is 7.66. The Morgan fingerprint density at radius 2 is 1.80 bits per heavy atom. The van der Waals surface area contributed by atoms with Crippen molar-refractivity contribution in [3.8, 4) is 11.4 Å². The van der Waals surface area contributed by atoms with Crippen molar-refractivity contribution in [2.75, 3.05) is 0 Å². The van der Waals surface area contributed by atoms with E-state index in [9.17, 15) is 0 Å². The smallest absolute Gasteiger partial charge is 0.226 e. The lowest BCUT2D eigenvalue weighted by Crippen LogP contribution is -2.33. The van der Waals surface area contributed by atoms with Crippen LogP contribution in [0.15, 0.2) is 36.5 Å². The predicted octanol–water partition coefficient (Wildman–Crippen LogP) is 5.31. The summed E-state index contributed by atoms with van der Waals surface area (Å²) in [4.78, 5) is 4.91. The zero-order chi connectivity index (χ0) is 17.6. The van der Waals surface area contributed by atoms with Gasteiger partial charge in [-0.15, -0.1) is 0 Å². The average Bonchev–Trinajstić information content (AvgIpc) is 3.13. The summed E-state index contributed by atoms with van der Waals surface area (Å²) in [6.07, 6.45) is 7.47. The Morgan fingerprint density at radius 3 is 2.56 bits per heavy atom. The van der Waals surface area contributed by atoms with Crippen molar-refractivity contribution < 1.29 is 4.57 Å². The average molecular weight is 331 g/mol. The number of rotatable bonds is 2. The molecular weight excluding hydrogens is 304 g/mol. The van der Waals surface area contributed by atoms with E-state index in [-0.39, 0.29) is 0 Å². The van der Waals surface area contributed by atoms with Crippen LogP contribution in [0, 0.1) is 20.8 Å². The second kappa shape index (κ2) is 6.25. The van der Waals surface area contributed by atoms with Crippen LogP contribution < -0.4 is 4.57 Å². The molecule has 2 aromatic carbocycles. The van der Waals surface area contributed by atoms with Gasteiger partial charge in [-0.05, 0) is 78.9 Å². The van der Waals surface area contributed by atoms with Crippen molar-refractivity contribution in [2.24, 2.45) is 7.05 Å². The Labute approximate surface area is 150 Å². The minimum atomic E-state index is 0.708. The summed E-state index contributed by atoms with van der Waals surface area (Å²) < 4.78 is 2.27. The summed E-state index contributed by atoms with van der Waals surface area (Å²) >= 11 is 0. The van der Waals surface area contributed by atoms with Crippen LogP contribution in [0.4, 0.5) is 0 Å². The molecule has 2 nitrogen and oxygen atoms in total. The first-order chi connectivity index (χ1) is 12.1. The van der Waals surface area contributed by atoms with Crippen molar-refractivity contribution >= 4 is 10.9 Å². The fraction of sp³-hybridized carbons (Fsp3) is 0.391. The predicted molar refractivity (Wildman–Crippen MR) is 104 cm³/mol. The van der Waals surface area contributed by atoms with Gasteiger partial charge in [-0.2, -0.15) is 0 Å². The number of fused-ring (bicyclic) bond motifs is 1. The van der Waals surface area contributed by atoms with Gasteiger partial charge in [0.1, 0.15) is 5.52 Å². The molecule has 4 rings (SSSR count). The van der Waals surface area contributed by atoms with Crippen LogP contribution in [0.5, 0.6) is 0 Å². The van der Waals surface area contributed by atoms with E-state index < -0.39 is 0 Å². The van der Waals surface area contributed by atoms with E-state index in [1.165, 1.54) is 64.4 Å². The van der Waals surface area contributed by atoms with E-state index in [0.717, 1.165) is 5.82 Å². The number of nitrogens with zero attached hydrogens (tertiary/aromatic N) is 2. The van der Waals surface area contributed by atoms with Crippen molar-refractivity contribution in [1.29, 1.82) is 0 Å². The van der Waals surface area contributed by atoms with E-state index >= 15 is 0 Å². The van der Waals surface area contributed by atoms with E-state index in [0.29, 0.717) is 5.92 Å². The highest BCUT2D eigenvalue weighted by Crippen LogP contribution is 2.37. The van der Waals surface area contributed by atoms with Crippen molar-refractivity contribution in [1.82, 2.24) is 4.98 Å². The Hall–Kier alpha value is -2.22. The van der Waals surface area contributed by atoms with Crippen molar-refractivity contribution in [3.63, 3.8) is 0 Å². The van der Waals surface area contributed by atoms with Crippen molar-refractivity contribution in [3.05, 3.63) is 58.8 Å². The highest BCUT2D eigenvalue weighted by molar-refractivity contribution is 5.80. The molecule has 0 radical (unpaired) electrons. The molecule has 0 atom stereocenters. The zero-order valence-electron chi connectivity index (χ0n) is 15.8. The molecule has 2 heteroatoms. The fourth-order valence-corrected chi connectivity index (χ4v) is 4.44. The van der Waals surface area contributed by atoms with Crippen LogP contribution in [-0.4, -0.2) is 4.98 Å². The first-order valence-electron chi connectivity index (χ1n) is 9.42. The van der Waals surface area contributed by atoms with Crippen LogP contribution in [0.1, 0.15) is 53.9 Å². The lowest BCUT2D eigenvalue weighted by atomic mass is 9.94. The molecular formula is C23H27N2+. The van der Waals surface area contributed by atoms with Gasteiger partial charge < -0.3 is 0 Å². The van der Waals surface area contributed by atoms with Gasteiger partial charge in [0.15, 0.2) is 6.20 Å². The zero-order valence-corrected chi connectivity index (χ0v) is 15.8. The summed E-state index contributed by atoms with van der Waals surface area (Å²) in [6, 6.07) is 11.3. The molecule has 25 heavy (non-hydrogen) atoms. The number of hydrogen-bond donors (Lipinski definition) is 0. The molecule has 1 saturated carbocycles. The maximum absolute atomic E-state index is 4.91. The summed E-state index contributed by atoms with van der Waals surface area (Å²) in [5, 5.41) is 1.32. The number of aromatic nitrogens is 2. The molecule has 0 saturated heterocycles. The van der Waals surface area contributed by atoms with E-state index in [1.807, 2.05) is 0 Å². The van der Waals surface area contributed by atoms with Crippen LogP contribution >= 0.6 is 0 Å². The Balaban J connectivity index is 1.92. The van der Waals surface area contributed by atoms with Gasteiger partial charge in [0, 0.05) is 0 Å². The molecule has 0 N–H and O–H groups in total. The molecule has 1 aliphatic rings. The molecule has 1 aromatic heterocycles. The van der Waals surface area contributed by atoms with Gasteiger partial charge in [-0.3, -0.25) is 0 Å². The third kappa shape index (κ3) is 2.74. The highest BCUT2D eigenvalue weighted by atomic mass is 15.0. The quantitative estimate of drug-likeness (QED) is 0.582. The number of benzene rings is 2.